The summed E-state index contributed by atoms with van der Waals surface area (Å²) in [6.07, 6.45) is 2.22. The molecule has 1 aliphatic rings. The van der Waals surface area contributed by atoms with Gasteiger partial charge in [0, 0.05) is 13.5 Å². The van der Waals surface area contributed by atoms with Crippen molar-refractivity contribution in [3.05, 3.63) is 17.7 Å². The highest BCUT2D eigenvalue weighted by atomic mass is 16.4. The van der Waals surface area contributed by atoms with Gasteiger partial charge in [-0.25, -0.2) is 4.98 Å². The van der Waals surface area contributed by atoms with Gasteiger partial charge in [0.2, 0.25) is 0 Å². The minimum absolute atomic E-state index is 0.0670. The zero-order chi connectivity index (χ0) is 11.9. The van der Waals surface area contributed by atoms with Gasteiger partial charge in [-0.1, -0.05) is 13.8 Å². The number of carboxylic acid groups (broad SMARTS) is 1. The predicted octanol–water partition coefficient (Wildman–Crippen LogP) is 0.716. The van der Waals surface area contributed by atoms with Crippen molar-refractivity contribution < 1.29 is 9.90 Å². The van der Waals surface area contributed by atoms with Crippen LogP contribution < -0.4 is 5.32 Å². The molecule has 0 radical (unpaired) electrons. The van der Waals surface area contributed by atoms with E-state index >= 15 is 0 Å². The monoisotopic (exact) mass is 223 g/mol. The number of nitrogens with zero attached hydrogens (tertiary/aromatic N) is 2. The van der Waals surface area contributed by atoms with Crippen molar-refractivity contribution in [1.29, 1.82) is 0 Å². The molecule has 2 rings (SSSR count). The van der Waals surface area contributed by atoms with E-state index in [1.165, 1.54) is 0 Å². The fraction of sp³-hybridized carbons (Fsp3) is 0.636. The van der Waals surface area contributed by atoms with E-state index in [-0.39, 0.29) is 6.04 Å². The third kappa shape index (κ3) is 1.71. The van der Waals surface area contributed by atoms with Crippen molar-refractivity contribution in [2.24, 2.45) is 13.0 Å². The number of hydrogen-bond acceptors (Lipinski definition) is 3. The van der Waals surface area contributed by atoms with Crippen LogP contribution in [-0.2, 0) is 18.3 Å². The molecule has 0 bridgehead atoms. The van der Waals surface area contributed by atoms with Gasteiger partial charge in [-0.2, -0.15) is 0 Å². The van der Waals surface area contributed by atoms with Crippen molar-refractivity contribution in [1.82, 2.24) is 14.9 Å². The van der Waals surface area contributed by atoms with Gasteiger partial charge in [-0.3, -0.25) is 10.1 Å². The van der Waals surface area contributed by atoms with E-state index in [4.69, 9.17) is 5.11 Å². The molecule has 1 aromatic rings. The summed E-state index contributed by atoms with van der Waals surface area (Å²) in [5.74, 6) is -0.460. The Morgan fingerprint density at radius 1 is 1.69 bits per heavy atom. The van der Waals surface area contributed by atoms with Gasteiger partial charge in [0.25, 0.3) is 0 Å². The summed E-state index contributed by atoms with van der Waals surface area (Å²) < 4.78 is 1.98. The summed E-state index contributed by atoms with van der Waals surface area (Å²) in [7, 11) is 1.95. The van der Waals surface area contributed by atoms with Crippen molar-refractivity contribution in [2.45, 2.75) is 32.4 Å². The van der Waals surface area contributed by atoms with Crippen molar-refractivity contribution in [2.75, 3.05) is 0 Å². The number of rotatable bonds is 2. The number of imidazole rings is 1. The lowest BCUT2D eigenvalue weighted by molar-refractivity contribution is -0.140. The number of carboxylic acids is 1. The summed E-state index contributed by atoms with van der Waals surface area (Å²) >= 11 is 0. The molecule has 5 nitrogen and oxygen atoms in total. The molecule has 5 heteroatoms. The molecule has 0 fully saturated rings. The number of nitrogens with one attached hydrogen (secondary N) is 1. The summed E-state index contributed by atoms with van der Waals surface area (Å²) in [5, 5.41) is 12.2. The highest BCUT2D eigenvalue weighted by Gasteiger charge is 2.34. The van der Waals surface area contributed by atoms with E-state index in [0.717, 1.165) is 11.4 Å². The average Bonchev–Trinajstić information content (AvgIpc) is 2.59. The second kappa shape index (κ2) is 3.90. The number of fused-ring (bicyclic) bond motifs is 1. The number of carbonyl (C=O) groups is 1. The normalized spacial score (nSPS) is 24.5. The minimum Gasteiger partial charge on any atom is -0.480 e. The number of hydrogen-bond donors (Lipinski definition) is 2. The van der Waals surface area contributed by atoms with Crippen LogP contribution in [0.1, 0.15) is 31.3 Å². The first-order chi connectivity index (χ1) is 7.50. The van der Waals surface area contributed by atoms with Gasteiger partial charge >= 0.3 is 5.97 Å². The maximum absolute atomic E-state index is 11.0. The van der Waals surface area contributed by atoms with Gasteiger partial charge in [0.1, 0.15) is 6.04 Å². The maximum atomic E-state index is 11.0. The molecule has 1 aliphatic heterocycles. The van der Waals surface area contributed by atoms with Crippen molar-refractivity contribution in [3.63, 3.8) is 0 Å². The molecular weight excluding hydrogens is 206 g/mol. The molecular formula is C11H17N3O2. The van der Waals surface area contributed by atoms with E-state index < -0.39 is 12.0 Å². The summed E-state index contributed by atoms with van der Waals surface area (Å²) in [6, 6.07) is -0.452. The highest BCUT2D eigenvalue weighted by Crippen LogP contribution is 2.29. The second-order valence-electron chi connectivity index (χ2n) is 4.67. The first kappa shape index (κ1) is 11.1. The van der Waals surface area contributed by atoms with Crippen LogP contribution in [0.5, 0.6) is 0 Å². The summed E-state index contributed by atoms with van der Waals surface area (Å²) in [6.45, 7) is 4.16. The van der Waals surface area contributed by atoms with Crippen LogP contribution in [0.2, 0.25) is 0 Å². The molecule has 0 saturated carbocycles. The first-order valence-electron chi connectivity index (χ1n) is 5.49. The smallest absolute Gasteiger partial charge is 0.321 e. The van der Waals surface area contributed by atoms with Crippen LogP contribution in [0.25, 0.3) is 0 Å². The largest absolute Gasteiger partial charge is 0.480 e. The van der Waals surface area contributed by atoms with Gasteiger partial charge in [0.05, 0.1) is 23.8 Å². The molecule has 2 heterocycles. The molecule has 88 valence electrons. The second-order valence-corrected chi connectivity index (χ2v) is 4.67. The van der Waals surface area contributed by atoms with Crippen LogP contribution in [0.3, 0.4) is 0 Å². The van der Waals surface area contributed by atoms with Gasteiger partial charge in [0.15, 0.2) is 0 Å². The average molecular weight is 223 g/mol. The minimum atomic E-state index is -0.804. The Labute approximate surface area is 94.5 Å². The zero-order valence-electron chi connectivity index (χ0n) is 9.77. The van der Waals surface area contributed by atoms with Crippen molar-refractivity contribution in [3.8, 4) is 0 Å². The molecule has 0 aliphatic carbocycles. The van der Waals surface area contributed by atoms with Gasteiger partial charge in [-0.05, 0) is 5.92 Å². The van der Waals surface area contributed by atoms with Gasteiger partial charge in [-0.15, -0.1) is 0 Å². The molecule has 1 unspecified atom stereocenters. The predicted molar refractivity (Wildman–Crippen MR) is 59.1 cm³/mol. The van der Waals surface area contributed by atoms with Crippen LogP contribution in [0.4, 0.5) is 0 Å². The Hall–Kier alpha value is -1.36. The number of aliphatic carboxylic acids is 1. The van der Waals surface area contributed by atoms with E-state index in [9.17, 15) is 4.79 Å². The van der Waals surface area contributed by atoms with E-state index in [0.29, 0.717) is 12.3 Å². The van der Waals surface area contributed by atoms with E-state index in [1.807, 2.05) is 11.6 Å². The Balaban J connectivity index is 2.39. The molecule has 0 aromatic carbocycles. The number of aryl methyl sites for hydroxylation is 1. The number of aromatic nitrogens is 2. The van der Waals surface area contributed by atoms with E-state index in [2.05, 4.69) is 24.1 Å². The lowest BCUT2D eigenvalue weighted by atomic mass is 9.92. The maximum Gasteiger partial charge on any atom is 0.321 e. The SMILES string of the molecule is CC(C)C1N[C@@H](C(=O)O)Cc2ncn(C)c21. The Bertz CT molecular complexity index is 411. The lowest BCUT2D eigenvalue weighted by Crippen LogP contribution is -2.46. The molecule has 0 spiro atoms. The summed E-state index contributed by atoms with van der Waals surface area (Å²) in [5.41, 5.74) is 2.03. The van der Waals surface area contributed by atoms with Crippen LogP contribution in [0.15, 0.2) is 6.33 Å². The lowest BCUT2D eigenvalue weighted by Gasteiger charge is -2.31. The Morgan fingerprint density at radius 2 is 2.38 bits per heavy atom. The fourth-order valence-electron chi connectivity index (χ4n) is 2.26. The van der Waals surface area contributed by atoms with Crippen LogP contribution in [0, 0.1) is 5.92 Å². The Kier molecular flexibility index (Phi) is 2.71. The first-order valence-corrected chi connectivity index (χ1v) is 5.49. The molecule has 0 saturated heterocycles. The topological polar surface area (TPSA) is 67.2 Å². The molecule has 2 N–H and O–H groups in total. The van der Waals surface area contributed by atoms with Gasteiger partial charge < -0.3 is 9.67 Å². The molecule has 2 atom stereocenters. The quantitative estimate of drug-likeness (QED) is 0.775. The zero-order valence-corrected chi connectivity index (χ0v) is 9.77. The standard InChI is InChI=1S/C11H17N3O2/c1-6(2)9-10-7(12-5-14(10)3)4-8(13-9)11(15)16/h5-6,8-9,13H,4H2,1-3H3,(H,15,16)/t8-,9?/m1/s1. The Morgan fingerprint density at radius 3 is 2.94 bits per heavy atom. The highest BCUT2D eigenvalue weighted by molar-refractivity contribution is 5.74. The summed E-state index contributed by atoms with van der Waals surface area (Å²) in [4.78, 5) is 15.3. The van der Waals surface area contributed by atoms with Crippen LogP contribution >= 0.6 is 0 Å². The van der Waals surface area contributed by atoms with Crippen LogP contribution in [-0.4, -0.2) is 26.7 Å². The molecule has 16 heavy (non-hydrogen) atoms. The third-order valence-electron chi connectivity index (χ3n) is 3.10. The molecule has 1 aromatic heterocycles. The van der Waals surface area contributed by atoms with Crippen molar-refractivity contribution >= 4 is 5.97 Å². The molecule has 0 amide bonds. The fourth-order valence-corrected chi connectivity index (χ4v) is 2.26. The van der Waals surface area contributed by atoms with E-state index in [1.54, 1.807) is 6.33 Å². The third-order valence-corrected chi connectivity index (χ3v) is 3.10.